The molecule has 1 aromatic rings. The standard InChI is InChI=1S/C12H18FN3/c13-12(4-5-12)10-15-8-2-11(3-9-15)16-7-1-6-14-16/h1,6-7,11H,2-5,8-10H2. The van der Waals surface area contributed by atoms with Crippen molar-refractivity contribution in [1.82, 2.24) is 14.7 Å². The van der Waals surface area contributed by atoms with Crippen molar-refractivity contribution in [3.05, 3.63) is 18.5 Å². The molecule has 1 saturated carbocycles. The van der Waals surface area contributed by atoms with Gasteiger partial charge in [-0.3, -0.25) is 4.68 Å². The molecule has 3 rings (SSSR count). The molecule has 0 atom stereocenters. The highest BCUT2D eigenvalue weighted by Crippen LogP contribution is 2.41. The van der Waals surface area contributed by atoms with Crippen LogP contribution in [0.5, 0.6) is 0 Å². The molecule has 2 heterocycles. The minimum Gasteiger partial charge on any atom is -0.300 e. The van der Waals surface area contributed by atoms with E-state index < -0.39 is 5.67 Å². The highest BCUT2D eigenvalue weighted by molar-refractivity contribution is 4.97. The predicted molar refractivity (Wildman–Crippen MR) is 60.0 cm³/mol. The number of hydrogen-bond acceptors (Lipinski definition) is 2. The van der Waals surface area contributed by atoms with Gasteiger partial charge in [-0.25, -0.2) is 4.39 Å². The molecule has 2 fully saturated rings. The van der Waals surface area contributed by atoms with E-state index in [9.17, 15) is 4.39 Å². The lowest BCUT2D eigenvalue weighted by molar-refractivity contribution is 0.129. The third-order valence-electron chi connectivity index (χ3n) is 3.76. The van der Waals surface area contributed by atoms with Crippen LogP contribution in [0, 0.1) is 0 Å². The molecule has 16 heavy (non-hydrogen) atoms. The minimum atomic E-state index is -0.835. The lowest BCUT2D eigenvalue weighted by Gasteiger charge is -2.32. The van der Waals surface area contributed by atoms with Gasteiger partial charge in [0.05, 0.1) is 6.04 Å². The zero-order valence-corrected chi connectivity index (χ0v) is 9.48. The number of hydrogen-bond donors (Lipinski definition) is 0. The summed E-state index contributed by atoms with van der Waals surface area (Å²) >= 11 is 0. The first-order chi connectivity index (χ1) is 7.75. The monoisotopic (exact) mass is 223 g/mol. The molecule has 4 heteroatoms. The van der Waals surface area contributed by atoms with E-state index in [0.717, 1.165) is 38.8 Å². The Hall–Kier alpha value is -0.900. The fourth-order valence-electron chi connectivity index (χ4n) is 2.53. The Morgan fingerprint density at radius 1 is 1.31 bits per heavy atom. The van der Waals surface area contributed by atoms with Gasteiger partial charge < -0.3 is 4.90 Å². The Morgan fingerprint density at radius 2 is 2.06 bits per heavy atom. The summed E-state index contributed by atoms with van der Waals surface area (Å²) in [6.07, 6.45) is 7.58. The summed E-state index contributed by atoms with van der Waals surface area (Å²) in [5.74, 6) is 0. The molecule has 1 aliphatic carbocycles. The maximum absolute atomic E-state index is 13.6. The van der Waals surface area contributed by atoms with Gasteiger partial charge in [0.1, 0.15) is 5.67 Å². The normalized spacial score (nSPS) is 25.8. The summed E-state index contributed by atoms with van der Waals surface area (Å²) in [6, 6.07) is 2.48. The fraction of sp³-hybridized carbons (Fsp3) is 0.750. The van der Waals surface area contributed by atoms with E-state index in [4.69, 9.17) is 0 Å². The smallest absolute Gasteiger partial charge is 0.123 e. The van der Waals surface area contributed by atoms with Crippen LogP contribution in [0.3, 0.4) is 0 Å². The quantitative estimate of drug-likeness (QED) is 0.781. The molecule has 1 aromatic heterocycles. The lowest BCUT2D eigenvalue weighted by atomic mass is 10.0. The van der Waals surface area contributed by atoms with Crippen LogP contribution in [-0.2, 0) is 0 Å². The van der Waals surface area contributed by atoms with Gasteiger partial charge in [0, 0.05) is 32.0 Å². The maximum Gasteiger partial charge on any atom is 0.123 e. The summed E-state index contributed by atoms with van der Waals surface area (Å²) in [5.41, 5.74) is -0.835. The van der Waals surface area contributed by atoms with Crippen LogP contribution in [0.1, 0.15) is 31.7 Å². The number of halogens is 1. The van der Waals surface area contributed by atoms with Gasteiger partial charge in [-0.05, 0) is 31.7 Å². The van der Waals surface area contributed by atoms with Gasteiger partial charge in [-0.2, -0.15) is 5.10 Å². The van der Waals surface area contributed by atoms with Crippen LogP contribution >= 0.6 is 0 Å². The maximum atomic E-state index is 13.6. The van der Waals surface area contributed by atoms with E-state index >= 15 is 0 Å². The van der Waals surface area contributed by atoms with Crippen LogP contribution in [0.4, 0.5) is 4.39 Å². The number of alkyl halides is 1. The Balaban J connectivity index is 1.52. The number of nitrogens with zero attached hydrogens (tertiary/aromatic N) is 3. The molecule has 88 valence electrons. The average Bonchev–Trinajstić information content (AvgIpc) is 2.83. The zero-order chi connectivity index (χ0) is 11.0. The second-order valence-corrected chi connectivity index (χ2v) is 5.14. The summed E-state index contributed by atoms with van der Waals surface area (Å²) in [6.45, 7) is 2.67. The SMILES string of the molecule is FC1(CN2CCC(n3cccn3)CC2)CC1. The fourth-order valence-corrected chi connectivity index (χ4v) is 2.53. The second kappa shape index (κ2) is 3.84. The van der Waals surface area contributed by atoms with Crippen LogP contribution < -0.4 is 0 Å². The summed E-state index contributed by atoms with van der Waals surface area (Å²) in [7, 11) is 0. The third kappa shape index (κ3) is 2.12. The molecule has 0 aromatic carbocycles. The topological polar surface area (TPSA) is 21.1 Å². The van der Waals surface area contributed by atoms with E-state index in [1.165, 1.54) is 0 Å². The first kappa shape index (κ1) is 10.3. The first-order valence-corrected chi connectivity index (χ1v) is 6.16. The highest BCUT2D eigenvalue weighted by Gasteiger charge is 2.44. The van der Waals surface area contributed by atoms with Crippen molar-refractivity contribution in [2.45, 2.75) is 37.4 Å². The van der Waals surface area contributed by atoms with Crippen molar-refractivity contribution < 1.29 is 4.39 Å². The molecule has 0 radical (unpaired) electrons. The molecule has 0 amide bonds. The van der Waals surface area contributed by atoms with Crippen LogP contribution in [0.25, 0.3) is 0 Å². The van der Waals surface area contributed by atoms with Crippen molar-refractivity contribution in [3.63, 3.8) is 0 Å². The van der Waals surface area contributed by atoms with Gasteiger partial charge in [0.15, 0.2) is 0 Å². The Bertz CT molecular complexity index is 337. The molecule has 1 saturated heterocycles. The van der Waals surface area contributed by atoms with Gasteiger partial charge in [-0.1, -0.05) is 0 Å². The van der Waals surface area contributed by atoms with Crippen molar-refractivity contribution in [1.29, 1.82) is 0 Å². The van der Waals surface area contributed by atoms with Crippen molar-refractivity contribution in [2.24, 2.45) is 0 Å². The van der Waals surface area contributed by atoms with Crippen molar-refractivity contribution in [3.8, 4) is 0 Å². The van der Waals surface area contributed by atoms with Gasteiger partial charge in [0.2, 0.25) is 0 Å². The molecule has 0 spiro atoms. The van der Waals surface area contributed by atoms with Crippen LogP contribution in [0.2, 0.25) is 0 Å². The lowest BCUT2D eigenvalue weighted by Crippen LogP contribution is -2.39. The number of likely N-dealkylation sites (tertiary alicyclic amines) is 1. The second-order valence-electron chi connectivity index (χ2n) is 5.14. The van der Waals surface area contributed by atoms with Crippen LogP contribution in [-0.4, -0.2) is 40.0 Å². The number of piperidine rings is 1. The van der Waals surface area contributed by atoms with Gasteiger partial charge >= 0.3 is 0 Å². The number of rotatable bonds is 3. The van der Waals surface area contributed by atoms with E-state index in [2.05, 4.69) is 10.00 Å². The summed E-state index contributed by atoms with van der Waals surface area (Å²) in [4.78, 5) is 2.27. The summed E-state index contributed by atoms with van der Waals surface area (Å²) < 4.78 is 15.6. The Kier molecular flexibility index (Phi) is 2.46. The minimum absolute atomic E-state index is 0.515. The van der Waals surface area contributed by atoms with Gasteiger partial charge in [-0.15, -0.1) is 0 Å². The van der Waals surface area contributed by atoms with Crippen molar-refractivity contribution >= 4 is 0 Å². The molecule has 0 bridgehead atoms. The van der Waals surface area contributed by atoms with Crippen LogP contribution in [0.15, 0.2) is 18.5 Å². The molecule has 0 N–H and O–H groups in total. The molecule has 1 aliphatic heterocycles. The van der Waals surface area contributed by atoms with Gasteiger partial charge in [0.25, 0.3) is 0 Å². The van der Waals surface area contributed by atoms with Crippen molar-refractivity contribution in [2.75, 3.05) is 19.6 Å². The largest absolute Gasteiger partial charge is 0.300 e. The first-order valence-electron chi connectivity index (χ1n) is 6.16. The Morgan fingerprint density at radius 3 is 2.62 bits per heavy atom. The molecular weight excluding hydrogens is 205 g/mol. The van der Waals surface area contributed by atoms with E-state index in [1.54, 1.807) is 0 Å². The third-order valence-corrected chi connectivity index (χ3v) is 3.76. The average molecular weight is 223 g/mol. The van der Waals surface area contributed by atoms with E-state index in [0.29, 0.717) is 12.6 Å². The van der Waals surface area contributed by atoms with E-state index in [-0.39, 0.29) is 0 Å². The molecule has 3 nitrogen and oxygen atoms in total. The Labute approximate surface area is 95.2 Å². The number of aromatic nitrogens is 2. The molecule has 0 unspecified atom stereocenters. The molecular formula is C12H18FN3. The predicted octanol–water partition coefficient (Wildman–Crippen LogP) is 2.02. The van der Waals surface area contributed by atoms with E-state index in [1.807, 2.05) is 23.1 Å². The zero-order valence-electron chi connectivity index (χ0n) is 9.48. The molecule has 2 aliphatic rings. The summed E-state index contributed by atoms with van der Waals surface area (Å²) in [5, 5.41) is 4.28. The highest BCUT2D eigenvalue weighted by atomic mass is 19.1.